The highest BCUT2D eigenvalue weighted by molar-refractivity contribution is 5.79. The minimum atomic E-state index is 0.519. The van der Waals surface area contributed by atoms with Crippen LogP contribution in [0.4, 0.5) is 0 Å². The number of ketones is 1. The summed E-state index contributed by atoms with van der Waals surface area (Å²) in [6.07, 6.45) is 13.5. The molecular formula is C19H28O. The molecule has 1 heteroatoms. The fourth-order valence-electron chi connectivity index (χ4n) is 7.72. The van der Waals surface area contributed by atoms with Crippen molar-refractivity contribution in [1.29, 1.82) is 0 Å². The summed E-state index contributed by atoms with van der Waals surface area (Å²) < 4.78 is 0. The Balaban J connectivity index is 1.47. The van der Waals surface area contributed by atoms with Crippen LogP contribution in [0, 0.1) is 40.4 Å². The standard InChI is InChI=1S/C19H28O/c1-18-8-6-14(20)10-12(18)2-4-15-16(18)7-9-19-11-13(19)3-5-17(15)19/h12-13,15-17H,2-11H2,1H3. The zero-order chi connectivity index (χ0) is 13.5. The Kier molecular flexibility index (Phi) is 2.27. The van der Waals surface area contributed by atoms with Gasteiger partial charge in [-0.05, 0) is 91.8 Å². The van der Waals surface area contributed by atoms with Crippen LogP contribution in [-0.4, -0.2) is 5.78 Å². The highest BCUT2D eigenvalue weighted by atomic mass is 16.1. The molecule has 7 atom stereocenters. The number of carbonyl (C=O) groups is 1. The first kappa shape index (κ1) is 12.2. The van der Waals surface area contributed by atoms with E-state index >= 15 is 0 Å². The second kappa shape index (κ2) is 3.70. The van der Waals surface area contributed by atoms with E-state index in [2.05, 4.69) is 6.92 Å². The van der Waals surface area contributed by atoms with Crippen molar-refractivity contribution in [1.82, 2.24) is 0 Å². The van der Waals surface area contributed by atoms with Gasteiger partial charge in [-0.15, -0.1) is 0 Å². The molecule has 0 heterocycles. The van der Waals surface area contributed by atoms with Gasteiger partial charge >= 0.3 is 0 Å². The summed E-state index contributed by atoms with van der Waals surface area (Å²) in [5, 5.41) is 0. The van der Waals surface area contributed by atoms with Crippen LogP contribution in [0.3, 0.4) is 0 Å². The van der Waals surface area contributed by atoms with Gasteiger partial charge in [0, 0.05) is 12.8 Å². The van der Waals surface area contributed by atoms with Crippen molar-refractivity contribution in [2.45, 2.75) is 71.1 Å². The molecule has 0 N–H and O–H groups in total. The third-order valence-electron chi connectivity index (χ3n) is 8.84. The van der Waals surface area contributed by atoms with Crippen molar-refractivity contribution >= 4 is 5.78 Å². The smallest absolute Gasteiger partial charge is 0.133 e. The molecule has 20 heavy (non-hydrogen) atoms. The average Bonchev–Trinajstić information content (AvgIpc) is 3.01. The van der Waals surface area contributed by atoms with Gasteiger partial charge in [0.05, 0.1) is 0 Å². The van der Waals surface area contributed by atoms with E-state index in [1.54, 1.807) is 25.7 Å². The number of rotatable bonds is 0. The SMILES string of the molecule is CC12CCC(=O)CC1CCC1C2CCC23CC2CCC13. The predicted octanol–water partition coefficient (Wildman–Crippen LogP) is 4.60. The van der Waals surface area contributed by atoms with E-state index in [1.165, 1.54) is 25.7 Å². The van der Waals surface area contributed by atoms with Gasteiger partial charge in [0.2, 0.25) is 0 Å². The lowest BCUT2D eigenvalue weighted by Crippen LogP contribution is -2.51. The van der Waals surface area contributed by atoms with Crippen LogP contribution >= 0.6 is 0 Å². The van der Waals surface area contributed by atoms with E-state index in [0.717, 1.165) is 47.8 Å². The van der Waals surface area contributed by atoms with Crippen molar-refractivity contribution in [3.63, 3.8) is 0 Å². The molecule has 1 nitrogen and oxygen atoms in total. The molecule has 0 saturated heterocycles. The average molecular weight is 272 g/mol. The normalized spacial score (nSPS) is 60.2. The van der Waals surface area contributed by atoms with Crippen LogP contribution in [0.1, 0.15) is 71.1 Å². The number of Topliss-reactive ketones (excluding diaryl/α,β-unsaturated/α-hetero) is 1. The summed E-state index contributed by atoms with van der Waals surface area (Å²) in [4.78, 5) is 11.9. The molecule has 7 unspecified atom stereocenters. The Morgan fingerprint density at radius 2 is 1.80 bits per heavy atom. The van der Waals surface area contributed by atoms with Crippen LogP contribution in [-0.2, 0) is 4.79 Å². The van der Waals surface area contributed by atoms with Gasteiger partial charge in [0.15, 0.2) is 0 Å². The molecule has 5 rings (SSSR count). The van der Waals surface area contributed by atoms with Crippen LogP contribution < -0.4 is 0 Å². The van der Waals surface area contributed by atoms with E-state index in [1.807, 2.05) is 0 Å². The predicted molar refractivity (Wildman–Crippen MR) is 79.2 cm³/mol. The minimum Gasteiger partial charge on any atom is -0.300 e. The number of hydrogen-bond donors (Lipinski definition) is 0. The molecule has 0 bridgehead atoms. The van der Waals surface area contributed by atoms with E-state index in [0.29, 0.717) is 11.2 Å². The molecule has 0 aromatic rings. The molecule has 5 saturated carbocycles. The van der Waals surface area contributed by atoms with Crippen molar-refractivity contribution in [2.24, 2.45) is 40.4 Å². The minimum absolute atomic E-state index is 0.519. The van der Waals surface area contributed by atoms with Gasteiger partial charge in [0.1, 0.15) is 5.78 Å². The van der Waals surface area contributed by atoms with Crippen molar-refractivity contribution in [2.75, 3.05) is 0 Å². The van der Waals surface area contributed by atoms with Gasteiger partial charge in [-0.1, -0.05) is 6.92 Å². The van der Waals surface area contributed by atoms with Gasteiger partial charge in [-0.25, -0.2) is 0 Å². The fourth-order valence-corrected chi connectivity index (χ4v) is 7.72. The molecule has 0 aliphatic heterocycles. The van der Waals surface area contributed by atoms with E-state index in [-0.39, 0.29) is 0 Å². The largest absolute Gasteiger partial charge is 0.300 e. The van der Waals surface area contributed by atoms with Crippen molar-refractivity contribution in [3.8, 4) is 0 Å². The molecule has 5 aliphatic rings. The third kappa shape index (κ3) is 1.33. The fraction of sp³-hybridized carbons (Fsp3) is 0.947. The zero-order valence-electron chi connectivity index (χ0n) is 12.9. The van der Waals surface area contributed by atoms with Gasteiger partial charge in [-0.2, -0.15) is 0 Å². The van der Waals surface area contributed by atoms with Crippen molar-refractivity contribution in [3.05, 3.63) is 0 Å². The third-order valence-corrected chi connectivity index (χ3v) is 8.84. The Morgan fingerprint density at radius 1 is 0.950 bits per heavy atom. The molecule has 110 valence electrons. The van der Waals surface area contributed by atoms with Crippen LogP contribution in [0.5, 0.6) is 0 Å². The highest BCUT2D eigenvalue weighted by Gasteiger charge is 2.68. The first-order valence-electron chi connectivity index (χ1n) is 9.15. The summed E-state index contributed by atoms with van der Waals surface area (Å²) in [5.41, 5.74) is 1.36. The summed E-state index contributed by atoms with van der Waals surface area (Å²) >= 11 is 0. The van der Waals surface area contributed by atoms with E-state index in [9.17, 15) is 4.79 Å². The maximum atomic E-state index is 11.9. The lowest BCUT2D eigenvalue weighted by molar-refractivity contribution is -0.135. The molecule has 0 radical (unpaired) electrons. The zero-order valence-corrected chi connectivity index (χ0v) is 12.9. The Bertz CT molecular complexity index is 468. The Hall–Kier alpha value is -0.330. The maximum Gasteiger partial charge on any atom is 0.133 e. The monoisotopic (exact) mass is 272 g/mol. The van der Waals surface area contributed by atoms with Crippen LogP contribution in [0.25, 0.3) is 0 Å². The summed E-state index contributed by atoms with van der Waals surface area (Å²) in [6, 6.07) is 0. The second-order valence-corrected chi connectivity index (χ2v) is 9.15. The molecular weight excluding hydrogens is 244 g/mol. The summed E-state index contributed by atoms with van der Waals surface area (Å²) in [7, 11) is 0. The summed E-state index contributed by atoms with van der Waals surface area (Å²) in [5.74, 6) is 5.50. The lowest BCUT2D eigenvalue weighted by atomic mass is 9.46. The molecule has 0 amide bonds. The lowest BCUT2D eigenvalue weighted by Gasteiger charge is -2.58. The van der Waals surface area contributed by atoms with Gasteiger partial charge in [0.25, 0.3) is 0 Å². The van der Waals surface area contributed by atoms with Gasteiger partial charge < -0.3 is 0 Å². The Morgan fingerprint density at radius 3 is 2.65 bits per heavy atom. The highest BCUT2D eigenvalue weighted by Crippen LogP contribution is 2.76. The summed E-state index contributed by atoms with van der Waals surface area (Å²) in [6.45, 7) is 2.57. The topological polar surface area (TPSA) is 17.1 Å². The number of hydrogen-bond acceptors (Lipinski definition) is 1. The molecule has 1 spiro atoms. The molecule has 5 fully saturated rings. The van der Waals surface area contributed by atoms with E-state index < -0.39 is 0 Å². The number of carbonyl (C=O) groups excluding carboxylic acids is 1. The quantitative estimate of drug-likeness (QED) is 0.630. The van der Waals surface area contributed by atoms with Crippen LogP contribution in [0.15, 0.2) is 0 Å². The molecule has 0 aromatic carbocycles. The molecule has 5 aliphatic carbocycles. The van der Waals surface area contributed by atoms with Crippen molar-refractivity contribution < 1.29 is 4.79 Å². The van der Waals surface area contributed by atoms with Gasteiger partial charge in [-0.3, -0.25) is 4.79 Å². The van der Waals surface area contributed by atoms with E-state index in [4.69, 9.17) is 0 Å². The van der Waals surface area contributed by atoms with Crippen LogP contribution in [0.2, 0.25) is 0 Å². The first-order valence-corrected chi connectivity index (χ1v) is 9.15. The first-order chi connectivity index (χ1) is 9.63. The second-order valence-electron chi connectivity index (χ2n) is 9.15. The maximum absolute atomic E-state index is 11.9. The molecule has 0 aromatic heterocycles. The Labute approximate surface area is 122 Å². The number of fused-ring (bicyclic) bond motifs is 4.